The lowest BCUT2D eigenvalue weighted by atomic mass is 9.96. The van der Waals surface area contributed by atoms with E-state index in [4.69, 9.17) is 0 Å². The average Bonchev–Trinajstić information content (AvgIpc) is 3.25. The van der Waals surface area contributed by atoms with Crippen LogP contribution < -0.4 is 10.6 Å². The molecule has 2 N–H and O–H groups in total. The number of hydrogen-bond donors (Lipinski definition) is 2. The Morgan fingerprint density at radius 2 is 2.08 bits per heavy atom. The molecule has 0 amide bonds. The van der Waals surface area contributed by atoms with Crippen LogP contribution in [0, 0.1) is 5.82 Å². The number of aryl methyl sites for hydroxylation is 1. The van der Waals surface area contributed by atoms with Crippen LogP contribution in [0.1, 0.15) is 30.9 Å². The molecule has 1 aliphatic rings. The number of halogens is 2. The van der Waals surface area contributed by atoms with Gasteiger partial charge in [0.05, 0.1) is 6.54 Å². The van der Waals surface area contributed by atoms with E-state index in [2.05, 4.69) is 34.8 Å². The van der Waals surface area contributed by atoms with Gasteiger partial charge in [0.1, 0.15) is 5.82 Å². The van der Waals surface area contributed by atoms with Gasteiger partial charge in [0.15, 0.2) is 5.96 Å². The summed E-state index contributed by atoms with van der Waals surface area (Å²) in [4.78, 5) is 4.65. The Kier molecular flexibility index (Phi) is 6.87. The van der Waals surface area contributed by atoms with Gasteiger partial charge in [-0.1, -0.05) is 12.1 Å². The highest BCUT2D eigenvalue weighted by atomic mass is 127. The molecule has 136 valence electrons. The molecule has 3 rings (SSSR count). The molecule has 2 aromatic rings. The minimum absolute atomic E-state index is 0. The summed E-state index contributed by atoms with van der Waals surface area (Å²) in [6.07, 6.45) is 6.26. The second-order valence-corrected chi connectivity index (χ2v) is 6.52. The summed E-state index contributed by atoms with van der Waals surface area (Å²) in [5, 5.41) is 6.71. The minimum Gasteiger partial charge on any atom is -0.357 e. The molecule has 1 saturated carbocycles. The van der Waals surface area contributed by atoms with Crippen LogP contribution in [0.15, 0.2) is 47.7 Å². The van der Waals surface area contributed by atoms with E-state index in [0.29, 0.717) is 6.54 Å². The van der Waals surface area contributed by atoms with Crippen molar-refractivity contribution < 1.29 is 4.39 Å². The van der Waals surface area contributed by atoms with E-state index in [-0.39, 0.29) is 35.2 Å². The molecule has 1 aromatic heterocycles. The van der Waals surface area contributed by atoms with Gasteiger partial charge in [0, 0.05) is 37.9 Å². The second kappa shape index (κ2) is 8.69. The van der Waals surface area contributed by atoms with Gasteiger partial charge in [-0.2, -0.15) is 0 Å². The highest BCUT2D eigenvalue weighted by Gasteiger charge is 2.44. The number of hydrogen-bond acceptors (Lipinski definition) is 1. The molecule has 0 aliphatic heterocycles. The highest BCUT2D eigenvalue weighted by Crippen LogP contribution is 2.47. The molecule has 1 heterocycles. The Morgan fingerprint density at radius 1 is 1.28 bits per heavy atom. The fourth-order valence-corrected chi connectivity index (χ4v) is 2.96. The number of rotatable bonds is 6. The number of benzene rings is 1. The molecule has 1 aromatic carbocycles. The number of nitrogens with one attached hydrogen (secondary N) is 2. The number of aromatic nitrogens is 1. The van der Waals surface area contributed by atoms with Gasteiger partial charge in [-0.05, 0) is 49.1 Å². The van der Waals surface area contributed by atoms with E-state index in [1.807, 2.05) is 23.9 Å². The minimum atomic E-state index is -0.163. The van der Waals surface area contributed by atoms with E-state index in [9.17, 15) is 4.39 Å². The molecule has 0 bridgehead atoms. The molecule has 4 nitrogen and oxygen atoms in total. The summed E-state index contributed by atoms with van der Waals surface area (Å²) >= 11 is 0. The first-order chi connectivity index (χ1) is 11.6. The molecule has 0 atom stereocenters. The van der Waals surface area contributed by atoms with Gasteiger partial charge in [-0.25, -0.2) is 9.38 Å². The lowest BCUT2D eigenvalue weighted by Crippen LogP contribution is -2.41. The predicted octanol–water partition coefficient (Wildman–Crippen LogP) is 3.57. The van der Waals surface area contributed by atoms with Gasteiger partial charge >= 0.3 is 0 Å². The van der Waals surface area contributed by atoms with Gasteiger partial charge in [-0.15, -0.1) is 24.0 Å². The standard InChI is InChI=1S/C19H25FN4.HI/c1-3-21-18(22-12-15-7-10-24(2)13-15)23-14-19(8-9-19)16-5-4-6-17(20)11-16;/h4-7,10-11,13H,3,8-9,12,14H2,1-2H3,(H2,21,22,23);1H. The zero-order valence-corrected chi connectivity index (χ0v) is 17.1. The molecule has 1 fully saturated rings. The predicted molar refractivity (Wildman–Crippen MR) is 111 cm³/mol. The molecule has 6 heteroatoms. The van der Waals surface area contributed by atoms with Gasteiger partial charge in [-0.3, -0.25) is 0 Å². The number of aliphatic imine (C=N–C) groups is 1. The average molecular weight is 456 g/mol. The van der Waals surface area contributed by atoms with Crippen LogP contribution in [-0.2, 0) is 19.0 Å². The van der Waals surface area contributed by atoms with Crippen molar-refractivity contribution >= 4 is 29.9 Å². The first-order valence-corrected chi connectivity index (χ1v) is 8.50. The zero-order chi connectivity index (χ0) is 17.0. The van der Waals surface area contributed by atoms with Crippen molar-refractivity contribution in [2.75, 3.05) is 13.1 Å². The summed E-state index contributed by atoms with van der Waals surface area (Å²) < 4.78 is 15.5. The maximum atomic E-state index is 13.5. The SMILES string of the molecule is CCNC(=NCc1ccn(C)c1)NCC1(c2cccc(F)c2)CC1.I. The van der Waals surface area contributed by atoms with Crippen molar-refractivity contribution in [1.29, 1.82) is 0 Å². The maximum absolute atomic E-state index is 13.5. The highest BCUT2D eigenvalue weighted by molar-refractivity contribution is 14.0. The quantitative estimate of drug-likeness (QED) is 0.397. The number of nitrogens with zero attached hydrogens (tertiary/aromatic N) is 2. The molecule has 0 spiro atoms. The summed E-state index contributed by atoms with van der Waals surface area (Å²) in [5.74, 6) is 0.646. The van der Waals surface area contributed by atoms with E-state index < -0.39 is 0 Å². The number of guanidine groups is 1. The normalized spacial score (nSPS) is 15.4. The summed E-state index contributed by atoms with van der Waals surface area (Å²) in [7, 11) is 2.01. The van der Waals surface area contributed by atoms with Crippen LogP contribution >= 0.6 is 24.0 Å². The summed E-state index contributed by atoms with van der Waals surface area (Å²) in [6.45, 7) is 4.28. The lowest BCUT2D eigenvalue weighted by Gasteiger charge is -2.19. The van der Waals surface area contributed by atoms with E-state index in [0.717, 1.165) is 37.5 Å². The fraction of sp³-hybridized carbons (Fsp3) is 0.421. The van der Waals surface area contributed by atoms with Crippen LogP contribution in [0.4, 0.5) is 4.39 Å². The fourth-order valence-electron chi connectivity index (χ4n) is 2.96. The molecule has 1 aliphatic carbocycles. The Hall–Kier alpha value is -1.57. The molecule has 25 heavy (non-hydrogen) atoms. The smallest absolute Gasteiger partial charge is 0.191 e. The monoisotopic (exact) mass is 456 g/mol. The Labute approximate surface area is 165 Å². The van der Waals surface area contributed by atoms with Crippen molar-refractivity contribution in [3.05, 3.63) is 59.7 Å². The summed E-state index contributed by atoms with van der Waals surface area (Å²) in [6, 6.07) is 9.04. The molecule has 0 unspecified atom stereocenters. The maximum Gasteiger partial charge on any atom is 0.191 e. The van der Waals surface area contributed by atoms with Gasteiger partial charge < -0.3 is 15.2 Å². The van der Waals surface area contributed by atoms with Crippen LogP contribution in [-0.4, -0.2) is 23.6 Å². The largest absolute Gasteiger partial charge is 0.357 e. The first-order valence-electron chi connectivity index (χ1n) is 8.50. The van der Waals surface area contributed by atoms with Crippen LogP contribution in [0.3, 0.4) is 0 Å². The van der Waals surface area contributed by atoms with E-state index >= 15 is 0 Å². The topological polar surface area (TPSA) is 41.4 Å². The van der Waals surface area contributed by atoms with Crippen molar-refractivity contribution in [2.45, 2.75) is 31.7 Å². The third-order valence-corrected chi connectivity index (χ3v) is 4.54. The molecule has 0 saturated heterocycles. The van der Waals surface area contributed by atoms with Crippen molar-refractivity contribution in [3.63, 3.8) is 0 Å². The van der Waals surface area contributed by atoms with Crippen molar-refractivity contribution in [2.24, 2.45) is 12.0 Å². The van der Waals surface area contributed by atoms with Crippen LogP contribution in [0.5, 0.6) is 0 Å². The van der Waals surface area contributed by atoms with Gasteiger partial charge in [0.2, 0.25) is 0 Å². The van der Waals surface area contributed by atoms with Crippen molar-refractivity contribution in [3.8, 4) is 0 Å². The molecular weight excluding hydrogens is 430 g/mol. The van der Waals surface area contributed by atoms with E-state index in [1.165, 1.54) is 11.6 Å². The van der Waals surface area contributed by atoms with Crippen molar-refractivity contribution in [1.82, 2.24) is 15.2 Å². The van der Waals surface area contributed by atoms with Crippen LogP contribution in [0.25, 0.3) is 0 Å². The molecular formula is C19H26FIN4. The first kappa shape index (κ1) is 19.8. The second-order valence-electron chi connectivity index (χ2n) is 6.52. The van der Waals surface area contributed by atoms with E-state index in [1.54, 1.807) is 12.1 Å². The Morgan fingerprint density at radius 3 is 2.68 bits per heavy atom. The molecule has 0 radical (unpaired) electrons. The lowest BCUT2D eigenvalue weighted by molar-refractivity contribution is 0.607. The third-order valence-electron chi connectivity index (χ3n) is 4.54. The summed E-state index contributed by atoms with van der Waals surface area (Å²) in [5.41, 5.74) is 2.31. The zero-order valence-electron chi connectivity index (χ0n) is 14.8. The van der Waals surface area contributed by atoms with Crippen LogP contribution in [0.2, 0.25) is 0 Å². The Bertz CT molecular complexity index is 722. The Balaban J connectivity index is 0.00000225. The third kappa shape index (κ3) is 5.20. The van der Waals surface area contributed by atoms with Gasteiger partial charge in [0.25, 0.3) is 0 Å².